The van der Waals surface area contributed by atoms with Gasteiger partial charge in [0.2, 0.25) is 5.13 Å². The Labute approximate surface area is 166 Å². The van der Waals surface area contributed by atoms with Crippen molar-refractivity contribution in [2.45, 2.75) is 17.4 Å². The van der Waals surface area contributed by atoms with Gasteiger partial charge in [0.1, 0.15) is 17.9 Å². The first-order chi connectivity index (χ1) is 13.7. The van der Waals surface area contributed by atoms with E-state index in [1.54, 1.807) is 0 Å². The van der Waals surface area contributed by atoms with Crippen LogP contribution in [0, 0.1) is 5.82 Å². The third-order valence-electron chi connectivity index (χ3n) is 4.52. The van der Waals surface area contributed by atoms with Gasteiger partial charge in [0.05, 0.1) is 23.1 Å². The molecule has 28 heavy (non-hydrogen) atoms. The Hall–Kier alpha value is -2.85. The number of oxazole rings is 1. The summed E-state index contributed by atoms with van der Waals surface area (Å²) in [4.78, 5) is 16.9. The van der Waals surface area contributed by atoms with Gasteiger partial charge in [-0.2, -0.15) is 4.37 Å². The maximum absolute atomic E-state index is 14.7. The average Bonchev–Trinajstić information content (AvgIpc) is 3.33. The summed E-state index contributed by atoms with van der Waals surface area (Å²) in [5.74, 6) is -0.242. The van der Waals surface area contributed by atoms with Crippen LogP contribution >= 0.6 is 23.5 Å². The number of benzene rings is 2. The second-order valence-corrected chi connectivity index (χ2v) is 7.76. The highest BCUT2D eigenvalue weighted by molar-refractivity contribution is 8.00. The van der Waals surface area contributed by atoms with Gasteiger partial charge in [0.15, 0.2) is 5.58 Å². The molecule has 1 aliphatic rings. The summed E-state index contributed by atoms with van der Waals surface area (Å²) in [6.45, 7) is 0.475. The van der Waals surface area contributed by atoms with Gasteiger partial charge in [0.25, 0.3) is 0 Å². The summed E-state index contributed by atoms with van der Waals surface area (Å²) < 4.78 is 34.1. The highest BCUT2D eigenvalue weighted by atomic mass is 32.2. The van der Waals surface area contributed by atoms with E-state index in [1.807, 2.05) is 24.3 Å². The molecule has 4 aromatic rings. The van der Waals surface area contributed by atoms with E-state index in [0.29, 0.717) is 34.2 Å². The molecular formula is C18H13FN4O3S2. The number of fused-ring (bicyclic) bond motifs is 2. The molecule has 0 fully saturated rings. The standard InChI is InChI=1S/C18H13FN4O3S2/c19-11-7-13-15(8-16(11)27-22-17-20-9-21-28-17)26-18(24)23(13)12-5-6-25-14-4-2-1-3-10(12)14/h1-4,7-9,12H,5-6H2,(H,20,21,22). The number of hydrogen-bond acceptors (Lipinski definition) is 8. The number of nitrogens with zero attached hydrogens (tertiary/aromatic N) is 3. The lowest BCUT2D eigenvalue weighted by Gasteiger charge is -2.26. The molecule has 1 N–H and O–H groups in total. The first kappa shape index (κ1) is 17.3. The number of para-hydroxylation sites is 1. The van der Waals surface area contributed by atoms with Gasteiger partial charge in [-0.05, 0) is 18.0 Å². The number of aromatic nitrogens is 3. The largest absolute Gasteiger partial charge is 0.493 e. The molecule has 0 saturated carbocycles. The van der Waals surface area contributed by atoms with Crippen molar-refractivity contribution in [3.05, 3.63) is 64.7 Å². The molecule has 1 aliphatic heterocycles. The van der Waals surface area contributed by atoms with Crippen molar-refractivity contribution in [1.29, 1.82) is 0 Å². The van der Waals surface area contributed by atoms with E-state index in [4.69, 9.17) is 9.15 Å². The zero-order valence-electron chi connectivity index (χ0n) is 14.3. The van der Waals surface area contributed by atoms with Crippen molar-refractivity contribution < 1.29 is 13.5 Å². The van der Waals surface area contributed by atoms with Crippen LogP contribution in [0.4, 0.5) is 9.52 Å². The predicted molar refractivity (Wildman–Crippen MR) is 105 cm³/mol. The molecule has 3 heterocycles. The minimum atomic E-state index is -0.518. The number of ether oxygens (including phenoxy) is 1. The Bertz CT molecular complexity index is 1210. The van der Waals surface area contributed by atoms with Crippen LogP contribution in [0.5, 0.6) is 5.75 Å². The van der Waals surface area contributed by atoms with E-state index < -0.39 is 11.6 Å². The molecule has 10 heteroatoms. The molecule has 0 amide bonds. The van der Waals surface area contributed by atoms with Crippen molar-refractivity contribution in [3.8, 4) is 5.75 Å². The molecule has 7 nitrogen and oxygen atoms in total. The third kappa shape index (κ3) is 2.94. The van der Waals surface area contributed by atoms with Gasteiger partial charge >= 0.3 is 5.76 Å². The van der Waals surface area contributed by atoms with Crippen LogP contribution in [0.3, 0.4) is 0 Å². The Morgan fingerprint density at radius 2 is 2.21 bits per heavy atom. The zero-order chi connectivity index (χ0) is 19.1. The van der Waals surface area contributed by atoms with Crippen molar-refractivity contribution in [1.82, 2.24) is 13.9 Å². The summed E-state index contributed by atoms with van der Waals surface area (Å²) in [6.07, 6.45) is 2.01. The first-order valence-corrected chi connectivity index (χ1v) is 10.1. The van der Waals surface area contributed by atoms with Gasteiger partial charge < -0.3 is 13.9 Å². The van der Waals surface area contributed by atoms with E-state index in [0.717, 1.165) is 23.3 Å². The molecule has 1 unspecified atom stereocenters. The van der Waals surface area contributed by atoms with Crippen LogP contribution in [-0.2, 0) is 0 Å². The Morgan fingerprint density at radius 1 is 1.32 bits per heavy atom. The molecular weight excluding hydrogens is 403 g/mol. The predicted octanol–water partition coefficient (Wildman–Crippen LogP) is 4.08. The Kier molecular flexibility index (Phi) is 4.29. The topological polar surface area (TPSA) is 82.2 Å². The van der Waals surface area contributed by atoms with Gasteiger partial charge in [-0.25, -0.2) is 14.2 Å². The maximum atomic E-state index is 14.7. The Morgan fingerprint density at radius 3 is 3.07 bits per heavy atom. The summed E-state index contributed by atoms with van der Waals surface area (Å²) in [6, 6.07) is 10.1. The van der Waals surface area contributed by atoms with E-state index in [1.165, 1.54) is 34.6 Å². The minimum Gasteiger partial charge on any atom is -0.493 e. The summed E-state index contributed by atoms with van der Waals surface area (Å²) >= 11 is 2.22. The lowest BCUT2D eigenvalue weighted by Crippen LogP contribution is -2.26. The molecule has 142 valence electrons. The first-order valence-electron chi connectivity index (χ1n) is 8.46. The number of nitrogens with one attached hydrogen (secondary N) is 1. The van der Waals surface area contributed by atoms with Gasteiger partial charge in [-0.3, -0.25) is 4.57 Å². The lowest BCUT2D eigenvalue weighted by molar-refractivity contribution is 0.253. The third-order valence-corrected chi connectivity index (χ3v) is 6.05. The van der Waals surface area contributed by atoms with Gasteiger partial charge in [-0.1, -0.05) is 18.2 Å². The summed E-state index contributed by atoms with van der Waals surface area (Å²) in [5, 5.41) is 0.558. The molecule has 2 aromatic carbocycles. The maximum Gasteiger partial charge on any atom is 0.420 e. The smallest absolute Gasteiger partial charge is 0.420 e. The van der Waals surface area contributed by atoms with Crippen molar-refractivity contribution in [2.75, 3.05) is 11.3 Å². The number of anilines is 1. The van der Waals surface area contributed by atoms with Crippen LogP contribution in [0.15, 0.2) is 56.8 Å². The quantitative estimate of drug-likeness (QED) is 0.502. The molecule has 0 bridgehead atoms. The van der Waals surface area contributed by atoms with E-state index in [-0.39, 0.29) is 6.04 Å². The van der Waals surface area contributed by atoms with Crippen LogP contribution < -0.4 is 15.2 Å². The van der Waals surface area contributed by atoms with Crippen molar-refractivity contribution >= 4 is 39.7 Å². The van der Waals surface area contributed by atoms with E-state index in [2.05, 4.69) is 14.1 Å². The van der Waals surface area contributed by atoms with Crippen LogP contribution in [-0.4, -0.2) is 20.5 Å². The molecule has 0 saturated heterocycles. The van der Waals surface area contributed by atoms with Crippen molar-refractivity contribution in [3.63, 3.8) is 0 Å². The highest BCUT2D eigenvalue weighted by Crippen LogP contribution is 2.36. The van der Waals surface area contributed by atoms with Crippen molar-refractivity contribution in [2.24, 2.45) is 0 Å². The minimum absolute atomic E-state index is 0.267. The summed E-state index contributed by atoms with van der Waals surface area (Å²) in [5.41, 5.74) is 1.64. The zero-order valence-corrected chi connectivity index (χ0v) is 15.9. The van der Waals surface area contributed by atoms with Gasteiger partial charge in [0, 0.05) is 35.6 Å². The molecule has 0 radical (unpaired) electrons. The lowest BCUT2D eigenvalue weighted by atomic mass is 10.0. The average molecular weight is 416 g/mol. The normalized spacial score (nSPS) is 16.0. The number of hydrogen-bond donors (Lipinski definition) is 1. The fraction of sp³-hybridized carbons (Fsp3) is 0.167. The van der Waals surface area contributed by atoms with Crippen LogP contribution in [0.1, 0.15) is 18.0 Å². The highest BCUT2D eigenvalue weighted by Gasteiger charge is 2.27. The molecule has 0 aliphatic carbocycles. The molecule has 1 atom stereocenters. The fourth-order valence-corrected chi connectivity index (χ4v) is 4.45. The second kappa shape index (κ2) is 6.95. The molecule has 5 rings (SSSR count). The number of halogens is 1. The van der Waals surface area contributed by atoms with Crippen LogP contribution in [0.2, 0.25) is 0 Å². The van der Waals surface area contributed by atoms with E-state index >= 15 is 0 Å². The van der Waals surface area contributed by atoms with E-state index in [9.17, 15) is 9.18 Å². The second-order valence-electron chi connectivity index (χ2n) is 6.13. The SMILES string of the molecule is O=c1oc2cc(SNc3ncns3)c(F)cc2n1C1CCOc2ccccc21. The molecule has 0 spiro atoms. The van der Waals surface area contributed by atoms with Gasteiger partial charge in [-0.15, -0.1) is 0 Å². The summed E-state index contributed by atoms with van der Waals surface area (Å²) in [7, 11) is 0. The molecule has 2 aromatic heterocycles. The number of rotatable bonds is 4. The fourth-order valence-electron chi connectivity index (χ4n) is 3.32. The Balaban J connectivity index is 1.55. The van der Waals surface area contributed by atoms with Crippen LogP contribution in [0.25, 0.3) is 11.1 Å². The monoisotopic (exact) mass is 416 g/mol.